The first-order chi connectivity index (χ1) is 15.3. The molecule has 4 heterocycles. The Labute approximate surface area is 180 Å². The second-order valence-electron chi connectivity index (χ2n) is 7.48. The summed E-state index contributed by atoms with van der Waals surface area (Å²) >= 11 is 0. The summed E-state index contributed by atoms with van der Waals surface area (Å²) in [5.74, 6) is 2.12. The lowest BCUT2D eigenvalue weighted by Gasteiger charge is -2.28. The van der Waals surface area contributed by atoms with E-state index in [-0.39, 0.29) is 0 Å². The van der Waals surface area contributed by atoms with Gasteiger partial charge in [-0.2, -0.15) is 9.50 Å². The molecule has 3 aromatic heterocycles. The van der Waals surface area contributed by atoms with Gasteiger partial charge in [0.05, 0.1) is 25.5 Å². The first kappa shape index (κ1) is 19.3. The third-order valence-corrected chi connectivity index (χ3v) is 5.14. The van der Waals surface area contributed by atoms with Crippen LogP contribution in [0.5, 0.6) is 0 Å². The van der Waals surface area contributed by atoms with Crippen LogP contribution >= 0.6 is 0 Å². The molecule has 0 N–H and O–H groups in total. The van der Waals surface area contributed by atoms with Crippen molar-refractivity contribution in [3.63, 3.8) is 0 Å². The molecule has 0 bridgehead atoms. The Kier molecular flexibility index (Phi) is 5.37. The van der Waals surface area contributed by atoms with Crippen LogP contribution in [0.25, 0.3) is 17.2 Å². The summed E-state index contributed by atoms with van der Waals surface area (Å²) in [5.41, 5.74) is 4.00. The van der Waals surface area contributed by atoms with Crippen LogP contribution in [-0.4, -0.2) is 57.1 Å². The monoisotopic (exact) mass is 413 g/mol. The van der Waals surface area contributed by atoms with E-state index in [9.17, 15) is 0 Å². The molecule has 4 aromatic rings. The summed E-state index contributed by atoms with van der Waals surface area (Å²) < 4.78 is 7.33. The van der Waals surface area contributed by atoms with Gasteiger partial charge in [0.15, 0.2) is 5.82 Å². The van der Waals surface area contributed by atoms with Crippen LogP contribution in [-0.2, 0) is 11.3 Å². The van der Waals surface area contributed by atoms with E-state index in [0.717, 1.165) is 35.7 Å². The lowest BCUT2D eigenvalue weighted by Crippen LogP contribution is -2.37. The summed E-state index contributed by atoms with van der Waals surface area (Å²) in [6, 6.07) is 14.1. The molecule has 1 aromatic carbocycles. The summed E-state index contributed by atoms with van der Waals surface area (Å²) in [7, 11) is 0. The number of morpholine rings is 1. The molecule has 8 nitrogen and oxygen atoms in total. The van der Waals surface area contributed by atoms with Crippen LogP contribution in [0.3, 0.4) is 0 Å². The van der Waals surface area contributed by atoms with Crippen LogP contribution in [0.15, 0.2) is 59.9 Å². The molecule has 0 aliphatic carbocycles. The predicted octanol–water partition coefficient (Wildman–Crippen LogP) is 2.95. The summed E-state index contributed by atoms with van der Waals surface area (Å²) in [4.78, 5) is 20.4. The number of rotatable bonds is 5. The molecule has 1 aliphatic heterocycles. The zero-order valence-corrected chi connectivity index (χ0v) is 17.3. The van der Waals surface area contributed by atoms with Gasteiger partial charge in [-0.15, -0.1) is 5.10 Å². The second-order valence-corrected chi connectivity index (χ2v) is 7.48. The SMILES string of the molecule is Cc1cccc(C=NCc2cc(N3CCOCC3)n3nc(-c4cccnc4)nc3n2)c1. The van der Waals surface area contributed by atoms with Gasteiger partial charge < -0.3 is 9.64 Å². The second kappa shape index (κ2) is 8.61. The van der Waals surface area contributed by atoms with E-state index < -0.39 is 0 Å². The normalized spacial score (nSPS) is 14.5. The van der Waals surface area contributed by atoms with Gasteiger partial charge in [0.2, 0.25) is 0 Å². The van der Waals surface area contributed by atoms with E-state index in [2.05, 4.69) is 38.9 Å². The number of nitrogens with zero attached hydrogens (tertiary/aromatic N) is 7. The van der Waals surface area contributed by atoms with E-state index >= 15 is 0 Å². The van der Waals surface area contributed by atoms with Crippen molar-refractivity contribution in [3.8, 4) is 11.4 Å². The van der Waals surface area contributed by atoms with E-state index in [1.54, 1.807) is 16.9 Å². The molecule has 8 heteroatoms. The van der Waals surface area contributed by atoms with Gasteiger partial charge in [0.1, 0.15) is 5.82 Å². The lowest BCUT2D eigenvalue weighted by molar-refractivity contribution is 0.122. The number of fused-ring (bicyclic) bond motifs is 1. The van der Waals surface area contributed by atoms with Crippen molar-refractivity contribution in [2.24, 2.45) is 4.99 Å². The van der Waals surface area contributed by atoms with E-state index in [0.29, 0.717) is 31.4 Å². The number of ether oxygens (including phenoxy) is 1. The number of aryl methyl sites for hydroxylation is 1. The molecule has 0 atom stereocenters. The van der Waals surface area contributed by atoms with Crippen LogP contribution in [0, 0.1) is 6.92 Å². The van der Waals surface area contributed by atoms with Gasteiger partial charge in [-0.1, -0.05) is 29.8 Å². The molecule has 1 fully saturated rings. The quantitative estimate of drug-likeness (QED) is 0.468. The van der Waals surface area contributed by atoms with E-state index in [1.165, 1.54) is 5.56 Å². The number of anilines is 1. The molecule has 5 rings (SSSR count). The molecular formula is C23H23N7O. The fraction of sp³-hybridized carbons (Fsp3) is 0.261. The van der Waals surface area contributed by atoms with Crippen molar-refractivity contribution in [2.75, 3.05) is 31.2 Å². The number of hydrogen-bond donors (Lipinski definition) is 0. The highest BCUT2D eigenvalue weighted by Gasteiger charge is 2.19. The highest BCUT2D eigenvalue weighted by Crippen LogP contribution is 2.22. The van der Waals surface area contributed by atoms with Crippen LogP contribution < -0.4 is 4.90 Å². The van der Waals surface area contributed by atoms with E-state index in [4.69, 9.17) is 14.8 Å². The average molecular weight is 413 g/mol. The van der Waals surface area contributed by atoms with Crippen molar-refractivity contribution in [2.45, 2.75) is 13.5 Å². The Morgan fingerprint density at radius 3 is 2.81 bits per heavy atom. The third kappa shape index (κ3) is 4.29. The molecule has 31 heavy (non-hydrogen) atoms. The Bertz CT molecular complexity index is 1210. The third-order valence-electron chi connectivity index (χ3n) is 5.14. The van der Waals surface area contributed by atoms with Gasteiger partial charge in [0, 0.05) is 43.3 Å². The van der Waals surface area contributed by atoms with Gasteiger partial charge in [0.25, 0.3) is 5.78 Å². The first-order valence-corrected chi connectivity index (χ1v) is 10.3. The minimum Gasteiger partial charge on any atom is -0.378 e. The maximum absolute atomic E-state index is 5.53. The lowest BCUT2D eigenvalue weighted by atomic mass is 10.1. The molecule has 0 spiro atoms. The zero-order chi connectivity index (χ0) is 21.0. The van der Waals surface area contributed by atoms with Crippen LogP contribution in [0.4, 0.5) is 5.82 Å². The maximum atomic E-state index is 5.53. The highest BCUT2D eigenvalue weighted by molar-refractivity contribution is 5.79. The average Bonchev–Trinajstić information content (AvgIpc) is 3.24. The predicted molar refractivity (Wildman–Crippen MR) is 120 cm³/mol. The van der Waals surface area contributed by atoms with Crippen molar-refractivity contribution in [3.05, 3.63) is 71.7 Å². The van der Waals surface area contributed by atoms with Crippen LogP contribution in [0.1, 0.15) is 16.8 Å². The maximum Gasteiger partial charge on any atom is 0.254 e. The zero-order valence-electron chi connectivity index (χ0n) is 17.3. The number of pyridine rings is 1. The molecule has 156 valence electrons. The van der Waals surface area contributed by atoms with Crippen molar-refractivity contribution in [1.82, 2.24) is 24.6 Å². The molecule has 1 aliphatic rings. The van der Waals surface area contributed by atoms with E-state index in [1.807, 2.05) is 36.5 Å². The Morgan fingerprint density at radius 1 is 1.10 bits per heavy atom. The molecule has 0 saturated carbocycles. The van der Waals surface area contributed by atoms with Crippen molar-refractivity contribution >= 4 is 17.8 Å². The largest absolute Gasteiger partial charge is 0.378 e. The summed E-state index contributed by atoms with van der Waals surface area (Å²) in [6.07, 6.45) is 5.38. The Morgan fingerprint density at radius 2 is 2.00 bits per heavy atom. The van der Waals surface area contributed by atoms with Gasteiger partial charge in [-0.25, -0.2) is 4.98 Å². The topological polar surface area (TPSA) is 80.8 Å². The molecule has 0 unspecified atom stereocenters. The van der Waals surface area contributed by atoms with Crippen molar-refractivity contribution in [1.29, 1.82) is 0 Å². The smallest absolute Gasteiger partial charge is 0.254 e. The minimum absolute atomic E-state index is 0.469. The summed E-state index contributed by atoms with van der Waals surface area (Å²) in [5, 5.41) is 4.72. The number of aromatic nitrogens is 5. The Hall–Kier alpha value is -3.65. The fourth-order valence-corrected chi connectivity index (χ4v) is 3.61. The molecular weight excluding hydrogens is 390 g/mol. The van der Waals surface area contributed by atoms with Gasteiger partial charge in [-0.05, 0) is 24.6 Å². The summed E-state index contributed by atoms with van der Waals surface area (Å²) in [6.45, 7) is 5.52. The standard InChI is InChI=1S/C23H23N7O/c1-17-4-2-5-18(12-17)14-25-16-20-13-21(29-8-10-31-11-9-29)30-23(26-20)27-22(28-30)19-6-3-7-24-15-19/h2-7,12-15H,8-11,16H2,1H3. The Balaban J connectivity index is 1.50. The van der Waals surface area contributed by atoms with Crippen molar-refractivity contribution < 1.29 is 4.74 Å². The molecule has 1 saturated heterocycles. The number of hydrogen-bond acceptors (Lipinski definition) is 7. The highest BCUT2D eigenvalue weighted by atomic mass is 16.5. The van der Waals surface area contributed by atoms with Gasteiger partial charge in [-0.3, -0.25) is 9.98 Å². The minimum atomic E-state index is 0.469. The fourth-order valence-electron chi connectivity index (χ4n) is 3.61. The molecule has 0 amide bonds. The van der Waals surface area contributed by atoms with Crippen LogP contribution in [0.2, 0.25) is 0 Å². The number of benzene rings is 1. The number of aliphatic imine (C=N–C) groups is 1. The van der Waals surface area contributed by atoms with Gasteiger partial charge >= 0.3 is 0 Å². The molecule has 0 radical (unpaired) electrons. The first-order valence-electron chi connectivity index (χ1n) is 10.3.